The second-order valence-corrected chi connectivity index (χ2v) is 8.72. The van der Waals surface area contributed by atoms with Crippen molar-refractivity contribution in [3.8, 4) is 11.5 Å². The third kappa shape index (κ3) is 5.73. The molecule has 0 radical (unpaired) electrons. The molecular weight excluding hydrogens is 374 g/mol. The predicted molar refractivity (Wildman–Crippen MR) is 111 cm³/mol. The van der Waals surface area contributed by atoms with Crippen molar-refractivity contribution in [3.63, 3.8) is 0 Å². The SMILES string of the molecule is Cc1ccc(-c2nn(CN3CCN(CC(=O)NC(C)(C)C)CC3)c(=S)o2)cc1. The highest BCUT2D eigenvalue weighted by Gasteiger charge is 2.22. The molecular formula is C20H29N5O2S. The summed E-state index contributed by atoms with van der Waals surface area (Å²) in [5.41, 5.74) is 1.92. The number of piperazine rings is 1. The molecule has 1 saturated heterocycles. The molecule has 28 heavy (non-hydrogen) atoms. The van der Waals surface area contributed by atoms with Crippen molar-refractivity contribution in [2.45, 2.75) is 39.9 Å². The minimum atomic E-state index is -0.197. The fourth-order valence-electron chi connectivity index (χ4n) is 3.15. The number of aryl methyl sites for hydroxylation is 1. The third-order valence-electron chi connectivity index (χ3n) is 4.59. The Kier molecular flexibility index (Phi) is 6.32. The Balaban J connectivity index is 1.53. The molecule has 1 N–H and O–H groups in total. The van der Waals surface area contributed by atoms with Crippen molar-refractivity contribution >= 4 is 18.1 Å². The molecule has 7 nitrogen and oxygen atoms in total. The molecule has 0 bridgehead atoms. The summed E-state index contributed by atoms with van der Waals surface area (Å²) in [6.45, 7) is 12.5. The average molecular weight is 404 g/mol. The van der Waals surface area contributed by atoms with E-state index in [4.69, 9.17) is 16.6 Å². The van der Waals surface area contributed by atoms with Gasteiger partial charge in [0.2, 0.25) is 11.8 Å². The van der Waals surface area contributed by atoms with Gasteiger partial charge in [0.05, 0.1) is 13.2 Å². The maximum absolute atomic E-state index is 12.1. The van der Waals surface area contributed by atoms with Gasteiger partial charge in [-0.25, -0.2) is 4.68 Å². The molecule has 0 spiro atoms. The first-order valence-corrected chi connectivity index (χ1v) is 10.0. The smallest absolute Gasteiger partial charge is 0.288 e. The minimum absolute atomic E-state index is 0.0717. The monoisotopic (exact) mass is 403 g/mol. The number of nitrogens with one attached hydrogen (secondary N) is 1. The third-order valence-corrected chi connectivity index (χ3v) is 4.88. The van der Waals surface area contributed by atoms with Crippen molar-refractivity contribution in [1.29, 1.82) is 0 Å². The molecule has 0 atom stereocenters. The zero-order valence-electron chi connectivity index (χ0n) is 17.1. The van der Waals surface area contributed by atoms with Gasteiger partial charge < -0.3 is 9.73 Å². The van der Waals surface area contributed by atoms with Gasteiger partial charge in [-0.2, -0.15) is 0 Å². The maximum Gasteiger partial charge on any atom is 0.288 e. The summed E-state index contributed by atoms with van der Waals surface area (Å²) in [7, 11) is 0. The summed E-state index contributed by atoms with van der Waals surface area (Å²) >= 11 is 5.34. The van der Waals surface area contributed by atoms with Crippen LogP contribution >= 0.6 is 12.2 Å². The standard InChI is InChI=1S/C20H29N5O2S/c1-15-5-7-16(8-6-15)18-22-25(19(28)27-18)14-24-11-9-23(10-12-24)13-17(26)21-20(2,3)4/h5-8H,9-14H2,1-4H3,(H,21,26). The molecule has 3 rings (SSSR count). The topological polar surface area (TPSA) is 66.5 Å². The number of carbonyl (C=O) groups is 1. The van der Waals surface area contributed by atoms with E-state index in [0.717, 1.165) is 31.7 Å². The Morgan fingerprint density at radius 2 is 1.75 bits per heavy atom. The summed E-state index contributed by atoms with van der Waals surface area (Å²) in [4.78, 5) is 16.9. The lowest BCUT2D eigenvalue weighted by Gasteiger charge is -2.34. The number of amides is 1. The van der Waals surface area contributed by atoms with Crippen molar-refractivity contribution in [3.05, 3.63) is 34.7 Å². The zero-order valence-corrected chi connectivity index (χ0v) is 17.9. The molecule has 8 heteroatoms. The van der Waals surface area contributed by atoms with Crippen LogP contribution in [0.15, 0.2) is 28.7 Å². The Labute approximate surface area is 171 Å². The van der Waals surface area contributed by atoms with Crippen LogP contribution in [0.2, 0.25) is 0 Å². The van der Waals surface area contributed by atoms with Crippen molar-refractivity contribution in [2.24, 2.45) is 0 Å². The Morgan fingerprint density at radius 3 is 2.36 bits per heavy atom. The maximum atomic E-state index is 12.1. The highest BCUT2D eigenvalue weighted by atomic mass is 32.1. The van der Waals surface area contributed by atoms with Gasteiger partial charge in [-0.1, -0.05) is 17.7 Å². The van der Waals surface area contributed by atoms with Gasteiger partial charge in [0.25, 0.3) is 4.84 Å². The highest BCUT2D eigenvalue weighted by Crippen LogP contribution is 2.18. The van der Waals surface area contributed by atoms with E-state index in [1.165, 1.54) is 5.56 Å². The van der Waals surface area contributed by atoms with Gasteiger partial charge in [-0.15, -0.1) is 5.10 Å². The van der Waals surface area contributed by atoms with E-state index in [9.17, 15) is 4.79 Å². The molecule has 0 unspecified atom stereocenters. The van der Waals surface area contributed by atoms with Crippen LogP contribution in [-0.4, -0.2) is 63.8 Å². The van der Waals surface area contributed by atoms with E-state index >= 15 is 0 Å². The minimum Gasteiger partial charge on any atom is -0.409 e. The van der Waals surface area contributed by atoms with E-state index in [0.29, 0.717) is 23.9 Å². The number of rotatable bonds is 5. The first-order chi connectivity index (χ1) is 13.2. The van der Waals surface area contributed by atoms with Gasteiger partial charge in [0.15, 0.2) is 0 Å². The molecule has 2 aromatic rings. The van der Waals surface area contributed by atoms with Gasteiger partial charge in [-0.05, 0) is 52.0 Å². The Hall–Kier alpha value is -2.03. The number of nitrogens with zero attached hydrogens (tertiary/aromatic N) is 4. The van der Waals surface area contributed by atoms with Gasteiger partial charge in [-0.3, -0.25) is 14.6 Å². The molecule has 0 aliphatic carbocycles. The number of benzene rings is 1. The summed E-state index contributed by atoms with van der Waals surface area (Å²) in [5.74, 6) is 0.616. The van der Waals surface area contributed by atoms with E-state index in [2.05, 4.69) is 20.2 Å². The molecule has 1 aliphatic heterocycles. The van der Waals surface area contributed by atoms with Crippen molar-refractivity contribution in [1.82, 2.24) is 24.9 Å². The van der Waals surface area contributed by atoms with Crippen LogP contribution < -0.4 is 5.32 Å². The van der Waals surface area contributed by atoms with Crippen LogP contribution in [-0.2, 0) is 11.5 Å². The van der Waals surface area contributed by atoms with Crippen LogP contribution in [0.5, 0.6) is 0 Å². The van der Waals surface area contributed by atoms with E-state index in [1.807, 2.05) is 52.0 Å². The molecule has 1 aromatic carbocycles. The first-order valence-electron chi connectivity index (χ1n) is 9.60. The zero-order chi connectivity index (χ0) is 20.3. The molecule has 1 aromatic heterocycles. The second kappa shape index (κ2) is 8.55. The first kappa shape index (κ1) is 20.7. The summed E-state index contributed by atoms with van der Waals surface area (Å²) < 4.78 is 7.41. The molecule has 1 amide bonds. The van der Waals surface area contributed by atoms with Crippen LogP contribution in [0.1, 0.15) is 26.3 Å². The molecule has 2 heterocycles. The van der Waals surface area contributed by atoms with Gasteiger partial charge in [0, 0.05) is 37.3 Å². The van der Waals surface area contributed by atoms with Gasteiger partial charge >= 0.3 is 0 Å². The van der Waals surface area contributed by atoms with Crippen LogP contribution in [0.4, 0.5) is 0 Å². The lowest BCUT2D eigenvalue weighted by Crippen LogP contribution is -2.51. The quantitative estimate of drug-likeness (QED) is 0.775. The Bertz CT molecular complexity index is 858. The number of carbonyl (C=O) groups excluding carboxylic acids is 1. The number of aromatic nitrogens is 2. The molecule has 1 aliphatic rings. The molecule has 152 valence electrons. The second-order valence-electron chi connectivity index (χ2n) is 8.37. The average Bonchev–Trinajstić information content (AvgIpc) is 2.96. The van der Waals surface area contributed by atoms with Crippen LogP contribution in [0.3, 0.4) is 0 Å². The van der Waals surface area contributed by atoms with E-state index in [1.54, 1.807) is 4.68 Å². The fourth-order valence-corrected chi connectivity index (χ4v) is 3.33. The molecule has 0 saturated carbocycles. The number of hydrogen-bond acceptors (Lipinski definition) is 6. The van der Waals surface area contributed by atoms with E-state index < -0.39 is 0 Å². The molecule has 1 fully saturated rings. The predicted octanol–water partition coefficient (Wildman–Crippen LogP) is 2.67. The van der Waals surface area contributed by atoms with E-state index in [-0.39, 0.29) is 11.4 Å². The Morgan fingerprint density at radius 1 is 1.14 bits per heavy atom. The lowest BCUT2D eigenvalue weighted by molar-refractivity contribution is -0.124. The normalized spacial score (nSPS) is 16.3. The van der Waals surface area contributed by atoms with Gasteiger partial charge in [0.1, 0.15) is 0 Å². The highest BCUT2D eigenvalue weighted by molar-refractivity contribution is 7.71. The van der Waals surface area contributed by atoms with Crippen LogP contribution in [0.25, 0.3) is 11.5 Å². The summed E-state index contributed by atoms with van der Waals surface area (Å²) in [6, 6.07) is 8.03. The lowest BCUT2D eigenvalue weighted by atomic mass is 10.1. The van der Waals surface area contributed by atoms with Crippen LogP contribution in [0, 0.1) is 11.8 Å². The number of hydrogen-bond donors (Lipinski definition) is 1. The fraction of sp³-hybridized carbons (Fsp3) is 0.550. The van der Waals surface area contributed by atoms with Crippen molar-refractivity contribution < 1.29 is 9.21 Å². The summed E-state index contributed by atoms with van der Waals surface area (Å²) in [6.07, 6.45) is 0. The summed E-state index contributed by atoms with van der Waals surface area (Å²) in [5, 5.41) is 7.55. The van der Waals surface area contributed by atoms with Crippen molar-refractivity contribution in [2.75, 3.05) is 32.7 Å². The largest absolute Gasteiger partial charge is 0.409 e.